The molecule has 80 valence electrons. The second-order valence-electron chi connectivity index (χ2n) is 2.71. The number of hydrogen-bond donors (Lipinski definition) is 0. The van der Waals surface area contributed by atoms with E-state index in [1.807, 2.05) is 60.7 Å². The van der Waals surface area contributed by atoms with Gasteiger partial charge in [-0.15, -0.1) is 9.24 Å². The lowest BCUT2D eigenvalue weighted by Crippen LogP contribution is -1.82. The molecule has 0 bridgehead atoms. The summed E-state index contributed by atoms with van der Waals surface area (Å²) in [5.41, 5.74) is 0. The Labute approximate surface area is 109 Å². The molecule has 2 aromatic rings. The topological polar surface area (TPSA) is 0 Å². The second-order valence-corrected chi connectivity index (χ2v) is 4.29. The molecule has 0 saturated heterocycles. The van der Waals surface area contributed by atoms with Crippen LogP contribution in [0.15, 0.2) is 65.1 Å². The molecule has 0 aromatic heterocycles. The Balaban J connectivity index is 0.000000245. The molecule has 0 spiro atoms. The zero-order valence-electron chi connectivity index (χ0n) is 8.23. The molecule has 2 rings (SSSR count). The second kappa shape index (κ2) is 8.96. The van der Waals surface area contributed by atoms with Gasteiger partial charge in [-0.3, -0.25) is 0 Å². The monoisotopic (exact) mass is 300 g/mol. The number of hydrogen-bond acceptors (Lipinski definition) is 0. The molecule has 0 aliphatic heterocycles. The van der Waals surface area contributed by atoms with E-state index in [1.54, 1.807) is 0 Å². The zero-order chi connectivity index (χ0) is 10.2. The van der Waals surface area contributed by atoms with E-state index in [-0.39, 0.29) is 13.5 Å². The van der Waals surface area contributed by atoms with Crippen molar-refractivity contribution in [3.8, 4) is 0 Å². The summed E-state index contributed by atoms with van der Waals surface area (Å²) >= 11 is 3.31. The summed E-state index contributed by atoms with van der Waals surface area (Å²) in [4.78, 5) is 0. The van der Waals surface area contributed by atoms with Crippen LogP contribution in [-0.4, -0.2) is 0 Å². The van der Waals surface area contributed by atoms with Crippen LogP contribution in [0.4, 0.5) is 0 Å². The largest absolute Gasteiger partial charge is 0.197 e. The molecule has 0 saturated carbocycles. The van der Waals surface area contributed by atoms with Gasteiger partial charge in [0.2, 0.25) is 0 Å². The third kappa shape index (κ3) is 7.61. The van der Waals surface area contributed by atoms with Gasteiger partial charge in [0, 0.05) is 4.47 Å². The normalized spacial score (nSPS) is 8.13. The molecule has 0 aliphatic rings. The van der Waals surface area contributed by atoms with Crippen molar-refractivity contribution in [2.75, 3.05) is 0 Å². The summed E-state index contributed by atoms with van der Waals surface area (Å²) in [7, 11) is 2.63. The number of rotatable bonds is 0. The molecule has 0 radical (unpaired) electrons. The van der Waals surface area contributed by atoms with Crippen molar-refractivity contribution in [1.82, 2.24) is 0 Å². The minimum atomic E-state index is 0. The molecule has 0 amide bonds. The first-order chi connectivity index (χ1) is 6.79. The lowest BCUT2D eigenvalue weighted by Gasteiger charge is -1.82. The summed E-state index contributed by atoms with van der Waals surface area (Å²) in [5.74, 6) is 0. The van der Waals surface area contributed by atoms with E-state index < -0.39 is 0 Å². The molecule has 15 heavy (non-hydrogen) atoms. The predicted molar refractivity (Wildman–Crippen MR) is 80.3 cm³/mol. The third-order valence-electron chi connectivity index (χ3n) is 1.53. The van der Waals surface area contributed by atoms with Gasteiger partial charge in [-0.1, -0.05) is 64.5 Å². The molecular weight excluding hydrogens is 287 g/mol. The Hall–Kier alpha value is -0.300. The molecule has 0 heterocycles. The highest BCUT2D eigenvalue weighted by Gasteiger charge is 1.74. The smallest absolute Gasteiger partial charge is 0.0175 e. The number of benzene rings is 2. The summed E-state index contributed by atoms with van der Waals surface area (Å²) in [5, 5.41) is 1.24. The fraction of sp³-hybridized carbons (Fsp3) is 0. The van der Waals surface area contributed by atoms with Gasteiger partial charge in [0.1, 0.15) is 0 Å². The van der Waals surface area contributed by atoms with Crippen LogP contribution in [0.2, 0.25) is 0 Å². The Morgan fingerprint density at radius 3 is 1.33 bits per heavy atom. The summed E-state index contributed by atoms with van der Waals surface area (Å²) in [6, 6.07) is 20.1. The Morgan fingerprint density at radius 1 is 0.733 bits per heavy atom. The predicted octanol–water partition coefficient (Wildman–Crippen LogP) is 3.75. The average molecular weight is 301 g/mol. The molecule has 0 aliphatic carbocycles. The van der Waals surface area contributed by atoms with Crippen molar-refractivity contribution in [1.29, 1.82) is 0 Å². The Bertz CT molecular complexity index is 313. The van der Waals surface area contributed by atoms with Crippen molar-refractivity contribution >= 4 is 44.0 Å². The van der Waals surface area contributed by atoms with Crippen LogP contribution >= 0.6 is 38.7 Å². The highest BCUT2D eigenvalue weighted by Crippen LogP contribution is 2.05. The summed E-state index contributed by atoms with van der Waals surface area (Å²) in [6.07, 6.45) is 0. The first kappa shape index (κ1) is 14.7. The fourth-order valence-electron chi connectivity index (χ4n) is 0.868. The van der Waals surface area contributed by atoms with Gasteiger partial charge in [0.15, 0.2) is 0 Å². The Morgan fingerprint density at radius 2 is 1.13 bits per heavy atom. The maximum atomic E-state index is 3.31. The van der Waals surface area contributed by atoms with Crippen molar-refractivity contribution in [3.05, 3.63) is 65.1 Å². The first-order valence-electron chi connectivity index (χ1n) is 4.30. The number of halogens is 1. The lowest BCUT2D eigenvalue weighted by molar-refractivity contribution is 1.66. The van der Waals surface area contributed by atoms with Gasteiger partial charge in [0.25, 0.3) is 0 Å². The maximum absolute atomic E-state index is 3.31. The molecule has 3 heteroatoms. The van der Waals surface area contributed by atoms with E-state index in [1.165, 1.54) is 5.30 Å². The quantitative estimate of drug-likeness (QED) is 0.650. The van der Waals surface area contributed by atoms with E-state index in [0.717, 1.165) is 4.47 Å². The van der Waals surface area contributed by atoms with Crippen LogP contribution in [0.5, 0.6) is 0 Å². The van der Waals surface area contributed by atoms with Crippen LogP contribution in [-0.2, 0) is 0 Å². The lowest BCUT2D eigenvalue weighted by atomic mass is 10.4. The van der Waals surface area contributed by atoms with Crippen LogP contribution in [0.1, 0.15) is 0 Å². The molecule has 1 atom stereocenters. The van der Waals surface area contributed by atoms with Crippen LogP contribution in [0.3, 0.4) is 0 Å². The summed E-state index contributed by atoms with van der Waals surface area (Å²) < 4.78 is 1.13. The third-order valence-corrected chi connectivity index (χ3v) is 2.45. The minimum Gasteiger partial charge on any atom is -0.197 e. The SMILES string of the molecule is Brc1ccccc1.Pc1ccccc1.S. The van der Waals surface area contributed by atoms with E-state index in [4.69, 9.17) is 0 Å². The standard InChI is InChI=1S/C6H5Br.C6H7P.H2S/c2*7-6-4-2-1-3-5-6;/h1-5H;1-5H,7H2;1H2. The van der Waals surface area contributed by atoms with E-state index in [9.17, 15) is 0 Å². The van der Waals surface area contributed by atoms with Crippen molar-refractivity contribution in [3.63, 3.8) is 0 Å². The van der Waals surface area contributed by atoms with Crippen molar-refractivity contribution in [2.45, 2.75) is 0 Å². The van der Waals surface area contributed by atoms with Crippen LogP contribution in [0.25, 0.3) is 0 Å². The maximum Gasteiger partial charge on any atom is 0.0175 e. The zero-order valence-corrected chi connectivity index (χ0v) is 12.0. The fourth-order valence-corrected chi connectivity index (χ4v) is 1.40. The molecule has 0 N–H and O–H groups in total. The van der Waals surface area contributed by atoms with E-state index >= 15 is 0 Å². The van der Waals surface area contributed by atoms with Crippen molar-refractivity contribution in [2.24, 2.45) is 0 Å². The van der Waals surface area contributed by atoms with Crippen molar-refractivity contribution < 1.29 is 0 Å². The van der Waals surface area contributed by atoms with Gasteiger partial charge in [-0.05, 0) is 17.4 Å². The van der Waals surface area contributed by atoms with Gasteiger partial charge >= 0.3 is 0 Å². The average Bonchev–Trinajstić information content (AvgIpc) is 2.21. The van der Waals surface area contributed by atoms with Gasteiger partial charge in [-0.25, -0.2) is 0 Å². The minimum absolute atomic E-state index is 0. The van der Waals surface area contributed by atoms with Gasteiger partial charge < -0.3 is 0 Å². The van der Waals surface area contributed by atoms with Crippen LogP contribution in [0, 0.1) is 0 Å². The van der Waals surface area contributed by atoms with Crippen LogP contribution < -0.4 is 5.30 Å². The molecule has 2 aromatic carbocycles. The summed E-state index contributed by atoms with van der Waals surface area (Å²) in [6.45, 7) is 0. The molecular formula is C12H14BrPS. The van der Waals surface area contributed by atoms with Gasteiger partial charge in [-0.2, -0.15) is 13.5 Å². The van der Waals surface area contributed by atoms with Gasteiger partial charge in [0.05, 0.1) is 0 Å². The van der Waals surface area contributed by atoms with E-state index in [2.05, 4.69) is 25.2 Å². The highest BCUT2D eigenvalue weighted by atomic mass is 79.9. The molecule has 0 nitrogen and oxygen atoms in total. The molecule has 1 unspecified atom stereocenters. The first-order valence-corrected chi connectivity index (χ1v) is 5.67. The highest BCUT2D eigenvalue weighted by molar-refractivity contribution is 9.10. The van der Waals surface area contributed by atoms with E-state index in [0.29, 0.717) is 0 Å². The molecule has 0 fully saturated rings. The Kier molecular flexibility index (Phi) is 8.79.